The number of hydrogen-bond donors (Lipinski definition) is 0. The Kier molecular flexibility index (Phi) is 4.24. The van der Waals surface area contributed by atoms with Gasteiger partial charge >= 0.3 is 0 Å². The zero-order valence-corrected chi connectivity index (χ0v) is 16.9. The minimum atomic E-state index is -0.582. The zero-order chi connectivity index (χ0) is 21.8. The summed E-state index contributed by atoms with van der Waals surface area (Å²) in [6, 6.07) is 17.9. The molecule has 8 nitrogen and oxygen atoms in total. The van der Waals surface area contributed by atoms with Crippen molar-refractivity contribution in [1.29, 1.82) is 0 Å². The predicted molar refractivity (Wildman–Crippen MR) is 111 cm³/mol. The summed E-state index contributed by atoms with van der Waals surface area (Å²) in [4.78, 5) is 49.2. The Morgan fingerprint density at radius 2 is 1.66 bits per heavy atom. The maximum Gasteiger partial charge on any atom is 0.285 e. The molecule has 0 radical (unpaired) electrons. The summed E-state index contributed by atoms with van der Waals surface area (Å²) in [6.07, 6.45) is 0. The zero-order valence-electron chi connectivity index (χ0n) is 16.9. The minimum absolute atomic E-state index is 0.0310. The van der Waals surface area contributed by atoms with Crippen molar-refractivity contribution in [2.45, 2.75) is 6.04 Å². The number of hydrogen-bond acceptors (Lipinski definition) is 6. The van der Waals surface area contributed by atoms with Gasteiger partial charge in [-0.05, 0) is 29.0 Å². The second-order valence-electron chi connectivity index (χ2n) is 7.95. The smallest absolute Gasteiger partial charge is 0.285 e. The molecule has 0 aliphatic carbocycles. The van der Waals surface area contributed by atoms with E-state index in [1.165, 1.54) is 5.06 Å². The van der Waals surface area contributed by atoms with Crippen LogP contribution in [0.5, 0.6) is 5.75 Å². The van der Waals surface area contributed by atoms with Gasteiger partial charge in [-0.2, -0.15) is 0 Å². The molecule has 8 heteroatoms. The van der Waals surface area contributed by atoms with E-state index in [4.69, 9.17) is 14.4 Å². The Labute approximate surface area is 182 Å². The number of imide groups is 1. The van der Waals surface area contributed by atoms with E-state index in [1.807, 2.05) is 36.4 Å². The molecule has 0 bridgehead atoms. The molecule has 3 aliphatic heterocycles. The Balaban J connectivity index is 1.26. The van der Waals surface area contributed by atoms with Gasteiger partial charge in [0.2, 0.25) is 0 Å². The largest absolute Gasteiger partial charge is 0.493 e. The molecule has 3 heterocycles. The second-order valence-corrected chi connectivity index (χ2v) is 7.95. The number of amides is 3. The van der Waals surface area contributed by atoms with Gasteiger partial charge in [0.05, 0.1) is 30.4 Å². The quantitative estimate of drug-likeness (QED) is 0.594. The van der Waals surface area contributed by atoms with Gasteiger partial charge in [0.25, 0.3) is 17.7 Å². The first-order valence-corrected chi connectivity index (χ1v) is 10.3. The molecule has 2 atom stereocenters. The van der Waals surface area contributed by atoms with Crippen LogP contribution < -0.4 is 4.74 Å². The number of benzene rings is 3. The fourth-order valence-corrected chi connectivity index (χ4v) is 4.63. The van der Waals surface area contributed by atoms with Crippen LogP contribution in [0.15, 0.2) is 60.7 Å². The maximum absolute atomic E-state index is 13.1. The molecule has 3 aromatic carbocycles. The van der Waals surface area contributed by atoms with Gasteiger partial charge in [0, 0.05) is 11.5 Å². The number of carbonyl (C=O) groups excluding carboxylic acids is 3. The van der Waals surface area contributed by atoms with E-state index in [0.717, 1.165) is 22.1 Å². The molecule has 1 saturated heterocycles. The van der Waals surface area contributed by atoms with Gasteiger partial charge in [-0.1, -0.05) is 42.5 Å². The molecule has 32 heavy (non-hydrogen) atoms. The van der Waals surface area contributed by atoms with E-state index in [0.29, 0.717) is 18.3 Å². The van der Waals surface area contributed by atoms with Crippen molar-refractivity contribution < 1.29 is 28.8 Å². The lowest BCUT2D eigenvalue weighted by Gasteiger charge is -2.32. The van der Waals surface area contributed by atoms with E-state index in [-0.39, 0.29) is 23.1 Å². The van der Waals surface area contributed by atoms with E-state index in [1.54, 1.807) is 24.3 Å². The van der Waals surface area contributed by atoms with Crippen LogP contribution in [0.3, 0.4) is 0 Å². The fraction of sp³-hybridized carbons (Fsp3) is 0.208. The Hall–Kier alpha value is -3.75. The Bertz CT molecular complexity index is 1250. The highest BCUT2D eigenvalue weighted by Gasteiger charge is 2.45. The van der Waals surface area contributed by atoms with Crippen LogP contribution in [0.25, 0.3) is 10.8 Å². The average Bonchev–Trinajstić information content (AvgIpc) is 3.37. The standard InChI is InChI=1S/C24H18N2O6/c27-20(13-32-26-23(28)17-7-3-4-8-18(17)24(26)29)25-22-15(12-31-25)11-30-19-10-9-14-5-1-2-6-16(14)21(19)22/h1-10,15,22H,11-13H2/t15-,22-/m0/s1. The van der Waals surface area contributed by atoms with Crippen molar-refractivity contribution in [3.63, 3.8) is 0 Å². The van der Waals surface area contributed by atoms with Crippen LogP contribution in [0.1, 0.15) is 32.3 Å². The normalized spacial score (nSPS) is 21.4. The predicted octanol–water partition coefficient (Wildman–Crippen LogP) is 2.89. The molecular formula is C24H18N2O6. The number of hydroxylamine groups is 4. The topological polar surface area (TPSA) is 85.4 Å². The molecule has 0 unspecified atom stereocenters. The Morgan fingerprint density at radius 1 is 0.938 bits per heavy atom. The molecule has 0 aromatic heterocycles. The number of ether oxygens (including phenoxy) is 1. The van der Waals surface area contributed by atoms with Crippen molar-refractivity contribution in [3.05, 3.63) is 77.4 Å². The molecule has 0 spiro atoms. The second kappa shape index (κ2) is 7.15. The first-order chi connectivity index (χ1) is 15.6. The third-order valence-electron chi connectivity index (χ3n) is 6.13. The Morgan fingerprint density at radius 3 is 2.44 bits per heavy atom. The first kappa shape index (κ1) is 19.0. The number of rotatable bonds is 3. The number of carbonyl (C=O) groups is 3. The SMILES string of the molecule is O=C1c2ccccc2C(=O)N1OCC(=O)N1OC[C@@H]2COc3ccc4ccccc4c3[C@H]21. The summed E-state index contributed by atoms with van der Waals surface area (Å²) in [7, 11) is 0. The number of fused-ring (bicyclic) bond motifs is 6. The highest BCUT2D eigenvalue weighted by atomic mass is 16.7. The van der Waals surface area contributed by atoms with Gasteiger partial charge in [0.1, 0.15) is 5.75 Å². The van der Waals surface area contributed by atoms with Crippen molar-refractivity contribution in [3.8, 4) is 5.75 Å². The first-order valence-electron chi connectivity index (χ1n) is 10.3. The molecule has 0 N–H and O–H groups in total. The van der Waals surface area contributed by atoms with Crippen LogP contribution in [0, 0.1) is 5.92 Å². The van der Waals surface area contributed by atoms with Crippen LogP contribution >= 0.6 is 0 Å². The summed E-state index contributed by atoms with van der Waals surface area (Å²) in [5, 5.41) is 3.97. The van der Waals surface area contributed by atoms with Crippen molar-refractivity contribution >= 4 is 28.5 Å². The molecule has 1 fully saturated rings. The highest BCUT2D eigenvalue weighted by Crippen LogP contribution is 2.46. The van der Waals surface area contributed by atoms with E-state index in [9.17, 15) is 14.4 Å². The summed E-state index contributed by atoms with van der Waals surface area (Å²) >= 11 is 0. The van der Waals surface area contributed by atoms with E-state index < -0.39 is 24.3 Å². The van der Waals surface area contributed by atoms with E-state index >= 15 is 0 Å². The van der Waals surface area contributed by atoms with Gasteiger partial charge in [-0.3, -0.25) is 24.1 Å². The van der Waals surface area contributed by atoms with Crippen molar-refractivity contribution in [2.75, 3.05) is 19.8 Å². The summed E-state index contributed by atoms with van der Waals surface area (Å²) in [5.74, 6) is -0.956. The third kappa shape index (κ3) is 2.73. The van der Waals surface area contributed by atoms with Crippen LogP contribution in [0.4, 0.5) is 0 Å². The fourth-order valence-electron chi connectivity index (χ4n) is 4.63. The molecule has 3 amide bonds. The van der Waals surface area contributed by atoms with Gasteiger partial charge < -0.3 is 4.74 Å². The molecule has 160 valence electrons. The average molecular weight is 430 g/mol. The van der Waals surface area contributed by atoms with Gasteiger partial charge in [-0.25, -0.2) is 5.06 Å². The van der Waals surface area contributed by atoms with Gasteiger partial charge in [0.15, 0.2) is 6.61 Å². The summed E-state index contributed by atoms with van der Waals surface area (Å²) in [5.41, 5.74) is 1.41. The minimum Gasteiger partial charge on any atom is -0.493 e. The van der Waals surface area contributed by atoms with Crippen LogP contribution in [-0.2, 0) is 14.5 Å². The highest BCUT2D eigenvalue weighted by molar-refractivity contribution is 6.20. The number of nitrogens with zero attached hydrogens (tertiary/aromatic N) is 2. The molecule has 3 aromatic rings. The molecule has 0 saturated carbocycles. The molecule has 6 rings (SSSR count). The van der Waals surface area contributed by atoms with Crippen molar-refractivity contribution in [1.82, 2.24) is 10.1 Å². The summed E-state index contributed by atoms with van der Waals surface area (Å²) < 4.78 is 5.93. The maximum atomic E-state index is 13.1. The monoisotopic (exact) mass is 430 g/mol. The van der Waals surface area contributed by atoms with E-state index in [2.05, 4.69) is 0 Å². The summed E-state index contributed by atoms with van der Waals surface area (Å²) in [6.45, 7) is 0.251. The van der Waals surface area contributed by atoms with Crippen molar-refractivity contribution in [2.24, 2.45) is 5.92 Å². The lowest BCUT2D eigenvalue weighted by atomic mass is 9.88. The van der Waals surface area contributed by atoms with Crippen LogP contribution in [0.2, 0.25) is 0 Å². The van der Waals surface area contributed by atoms with Gasteiger partial charge in [-0.15, -0.1) is 5.06 Å². The third-order valence-corrected chi connectivity index (χ3v) is 6.13. The molecule has 3 aliphatic rings. The lowest BCUT2D eigenvalue weighted by Crippen LogP contribution is -2.39. The molecular weight excluding hydrogens is 412 g/mol. The van der Waals surface area contributed by atoms with Crippen LogP contribution in [-0.4, -0.2) is 47.7 Å². The lowest BCUT2D eigenvalue weighted by molar-refractivity contribution is -0.190.